The Balaban J connectivity index is 0.00000484. The van der Waals surface area contributed by atoms with Crippen molar-refractivity contribution in [2.75, 3.05) is 20.1 Å². The lowest BCUT2D eigenvalue weighted by molar-refractivity contribution is -0.133. The summed E-state index contributed by atoms with van der Waals surface area (Å²) >= 11 is 0. The standard InChI is InChI=1S/C17H27N3O2.ClH/c1-13(2)17(22)20(3)12-14-6-8-15(9-7-14)16(21)19-11-5-4-10-18;/h6-9,13H,4-5,10-12,18H2,1-3H3,(H,19,21);1H. The number of unbranched alkanes of at least 4 members (excludes halogenated alkanes) is 1. The average Bonchev–Trinajstić information content (AvgIpc) is 2.51. The predicted octanol–water partition coefficient (Wildman–Crippen LogP) is 2.19. The molecule has 0 fully saturated rings. The minimum Gasteiger partial charge on any atom is -0.352 e. The van der Waals surface area contributed by atoms with Gasteiger partial charge in [-0.2, -0.15) is 0 Å². The Morgan fingerprint density at radius 2 is 1.78 bits per heavy atom. The maximum absolute atomic E-state index is 11.9. The van der Waals surface area contributed by atoms with Crippen molar-refractivity contribution in [1.29, 1.82) is 0 Å². The highest BCUT2D eigenvalue weighted by molar-refractivity contribution is 5.94. The lowest BCUT2D eigenvalue weighted by Crippen LogP contribution is -2.30. The average molecular weight is 342 g/mol. The molecule has 0 heterocycles. The van der Waals surface area contributed by atoms with Crippen LogP contribution in [0.15, 0.2) is 24.3 Å². The number of carbonyl (C=O) groups is 2. The highest BCUT2D eigenvalue weighted by atomic mass is 35.5. The Labute approximate surface area is 145 Å². The zero-order valence-corrected chi connectivity index (χ0v) is 15.0. The van der Waals surface area contributed by atoms with E-state index in [1.54, 1.807) is 24.1 Å². The van der Waals surface area contributed by atoms with Gasteiger partial charge in [-0.3, -0.25) is 9.59 Å². The van der Waals surface area contributed by atoms with Crippen LogP contribution in [-0.2, 0) is 11.3 Å². The molecular weight excluding hydrogens is 314 g/mol. The van der Waals surface area contributed by atoms with Crippen LogP contribution in [0.1, 0.15) is 42.6 Å². The molecule has 0 atom stereocenters. The molecule has 0 radical (unpaired) electrons. The van der Waals surface area contributed by atoms with Gasteiger partial charge in [0.05, 0.1) is 0 Å². The zero-order valence-electron chi connectivity index (χ0n) is 14.2. The van der Waals surface area contributed by atoms with Gasteiger partial charge < -0.3 is 16.0 Å². The number of rotatable bonds is 8. The fraction of sp³-hybridized carbons (Fsp3) is 0.529. The largest absolute Gasteiger partial charge is 0.352 e. The van der Waals surface area contributed by atoms with Crippen molar-refractivity contribution in [3.63, 3.8) is 0 Å². The number of hydrogen-bond donors (Lipinski definition) is 2. The van der Waals surface area contributed by atoms with Crippen molar-refractivity contribution in [3.05, 3.63) is 35.4 Å². The highest BCUT2D eigenvalue weighted by Crippen LogP contribution is 2.09. The summed E-state index contributed by atoms with van der Waals surface area (Å²) in [5.74, 6) is 0.0282. The van der Waals surface area contributed by atoms with E-state index in [1.807, 2.05) is 26.0 Å². The second kappa shape index (κ2) is 11.0. The Morgan fingerprint density at radius 3 is 2.30 bits per heavy atom. The van der Waals surface area contributed by atoms with E-state index in [-0.39, 0.29) is 30.1 Å². The summed E-state index contributed by atoms with van der Waals surface area (Å²) in [5.41, 5.74) is 7.06. The van der Waals surface area contributed by atoms with Gasteiger partial charge in [0.25, 0.3) is 5.91 Å². The molecule has 0 unspecified atom stereocenters. The van der Waals surface area contributed by atoms with Gasteiger partial charge in [-0.05, 0) is 37.1 Å². The van der Waals surface area contributed by atoms with Crippen LogP contribution in [0, 0.1) is 5.92 Å². The van der Waals surface area contributed by atoms with Crippen LogP contribution in [0.3, 0.4) is 0 Å². The van der Waals surface area contributed by atoms with Crippen LogP contribution in [0.25, 0.3) is 0 Å². The highest BCUT2D eigenvalue weighted by Gasteiger charge is 2.13. The summed E-state index contributed by atoms with van der Waals surface area (Å²) in [6.45, 7) is 5.61. The molecule has 23 heavy (non-hydrogen) atoms. The fourth-order valence-corrected chi connectivity index (χ4v) is 2.13. The van der Waals surface area contributed by atoms with Gasteiger partial charge in [-0.1, -0.05) is 26.0 Å². The minimum absolute atomic E-state index is 0. The van der Waals surface area contributed by atoms with Crippen LogP contribution in [0.4, 0.5) is 0 Å². The maximum Gasteiger partial charge on any atom is 0.251 e. The van der Waals surface area contributed by atoms with Crippen LogP contribution >= 0.6 is 12.4 Å². The van der Waals surface area contributed by atoms with Gasteiger partial charge in [0.15, 0.2) is 0 Å². The summed E-state index contributed by atoms with van der Waals surface area (Å²) in [6.07, 6.45) is 1.80. The first-order chi connectivity index (χ1) is 10.5. The first-order valence-electron chi connectivity index (χ1n) is 7.78. The van der Waals surface area contributed by atoms with Crippen molar-refractivity contribution < 1.29 is 9.59 Å². The summed E-state index contributed by atoms with van der Waals surface area (Å²) in [7, 11) is 1.79. The molecule has 3 N–H and O–H groups in total. The Bertz CT molecular complexity index is 489. The van der Waals surface area contributed by atoms with Gasteiger partial charge in [0, 0.05) is 31.6 Å². The number of amides is 2. The normalized spacial score (nSPS) is 10.1. The van der Waals surface area contributed by atoms with E-state index in [1.165, 1.54) is 0 Å². The summed E-state index contributed by atoms with van der Waals surface area (Å²) < 4.78 is 0. The molecule has 130 valence electrons. The van der Waals surface area contributed by atoms with E-state index in [4.69, 9.17) is 5.73 Å². The maximum atomic E-state index is 11.9. The van der Waals surface area contributed by atoms with Crippen molar-refractivity contribution in [2.45, 2.75) is 33.2 Å². The third kappa shape index (κ3) is 7.48. The Morgan fingerprint density at radius 1 is 1.17 bits per heavy atom. The smallest absolute Gasteiger partial charge is 0.251 e. The zero-order chi connectivity index (χ0) is 16.5. The van der Waals surface area contributed by atoms with Crippen molar-refractivity contribution in [1.82, 2.24) is 10.2 Å². The summed E-state index contributed by atoms with van der Waals surface area (Å²) in [4.78, 5) is 25.5. The van der Waals surface area contributed by atoms with E-state index >= 15 is 0 Å². The number of nitrogens with one attached hydrogen (secondary N) is 1. The number of carbonyl (C=O) groups excluding carboxylic acids is 2. The van der Waals surface area contributed by atoms with E-state index in [0.717, 1.165) is 18.4 Å². The van der Waals surface area contributed by atoms with E-state index in [9.17, 15) is 9.59 Å². The number of halogens is 1. The summed E-state index contributed by atoms with van der Waals surface area (Å²) in [6, 6.07) is 7.36. The van der Waals surface area contributed by atoms with Gasteiger partial charge in [-0.25, -0.2) is 0 Å². The molecule has 0 bridgehead atoms. The van der Waals surface area contributed by atoms with Crippen LogP contribution in [0.5, 0.6) is 0 Å². The van der Waals surface area contributed by atoms with Crippen molar-refractivity contribution in [3.8, 4) is 0 Å². The first-order valence-corrected chi connectivity index (χ1v) is 7.78. The van der Waals surface area contributed by atoms with Crippen molar-refractivity contribution >= 4 is 24.2 Å². The lowest BCUT2D eigenvalue weighted by Gasteiger charge is -2.19. The molecule has 2 amide bonds. The molecule has 0 aliphatic rings. The third-order valence-electron chi connectivity index (χ3n) is 3.42. The summed E-state index contributed by atoms with van der Waals surface area (Å²) in [5, 5.41) is 2.87. The minimum atomic E-state index is -0.0739. The molecule has 0 saturated heterocycles. The Hall–Kier alpha value is -1.59. The monoisotopic (exact) mass is 341 g/mol. The molecule has 1 aromatic carbocycles. The molecule has 0 saturated carbocycles. The first kappa shape index (κ1) is 21.4. The second-order valence-corrected chi connectivity index (χ2v) is 5.80. The molecule has 1 aromatic rings. The van der Waals surface area contributed by atoms with Gasteiger partial charge in [0.1, 0.15) is 0 Å². The molecular formula is C17H28ClN3O2. The molecule has 5 nitrogen and oxygen atoms in total. The molecule has 0 spiro atoms. The third-order valence-corrected chi connectivity index (χ3v) is 3.42. The number of nitrogens with two attached hydrogens (primary N) is 1. The van der Waals surface area contributed by atoms with Crippen LogP contribution in [0.2, 0.25) is 0 Å². The van der Waals surface area contributed by atoms with Gasteiger partial charge in [0.2, 0.25) is 5.91 Å². The van der Waals surface area contributed by atoms with Crippen molar-refractivity contribution in [2.24, 2.45) is 11.7 Å². The molecule has 1 rings (SSSR count). The van der Waals surface area contributed by atoms with Crippen LogP contribution < -0.4 is 11.1 Å². The molecule has 6 heteroatoms. The van der Waals surface area contributed by atoms with E-state index < -0.39 is 0 Å². The van der Waals surface area contributed by atoms with E-state index in [2.05, 4.69) is 5.32 Å². The Kier molecular flexibility index (Phi) is 10.3. The topological polar surface area (TPSA) is 75.4 Å². The number of nitrogens with zero attached hydrogens (tertiary/aromatic N) is 1. The fourth-order valence-electron chi connectivity index (χ4n) is 2.13. The SMILES string of the molecule is CC(C)C(=O)N(C)Cc1ccc(C(=O)NCCCCN)cc1.Cl. The molecule has 0 aliphatic carbocycles. The van der Waals surface area contributed by atoms with Gasteiger partial charge in [-0.15, -0.1) is 12.4 Å². The second-order valence-electron chi connectivity index (χ2n) is 5.80. The predicted molar refractivity (Wildman–Crippen MR) is 95.6 cm³/mol. The van der Waals surface area contributed by atoms with Gasteiger partial charge >= 0.3 is 0 Å². The number of benzene rings is 1. The van der Waals surface area contributed by atoms with Crippen LogP contribution in [-0.4, -0.2) is 36.9 Å². The van der Waals surface area contributed by atoms with E-state index in [0.29, 0.717) is 25.2 Å². The quantitative estimate of drug-likeness (QED) is 0.712. The number of hydrogen-bond acceptors (Lipinski definition) is 3. The molecule has 0 aromatic heterocycles. The molecule has 0 aliphatic heterocycles. The lowest BCUT2D eigenvalue weighted by atomic mass is 10.1.